The minimum Gasteiger partial charge on any atom is -0.344 e. The molecule has 1 aromatic carbocycles. The van der Waals surface area contributed by atoms with E-state index in [-0.39, 0.29) is 6.03 Å². The van der Waals surface area contributed by atoms with Crippen LogP contribution in [-0.4, -0.2) is 21.0 Å². The molecule has 0 bridgehead atoms. The molecule has 0 aliphatic heterocycles. The summed E-state index contributed by atoms with van der Waals surface area (Å²) in [4.78, 5) is 25.2. The number of carbonyl (C=O) groups is 1. The van der Waals surface area contributed by atoms with Crippen LogP contribution in [-0.2, 0) is 0 Å². The molecule has 0 aliphatic rings. The third kappa shape index (κ3) is 3.29. The number of H-pyrrole nitrogens is 1. The fraction of sp³-hybridized carbons (Fsp3) is 0.105. The van der Waals surface area contributed by atoms with Crippen molar-refractivity contribution in [3.8, 4) is 10.4 Å². The Balaban J connectivity index is 1.58. The summed E-state index contributed by atoms with van der Waals surface area (Å²) in [6.45, 7) is 3.98. The van der Waals surface area contributed by atoms with E-state index >= 15 is 0 Å². The maximum absolute atomic E-state index is 12.3. The zero-order valence-corrected chi connectivity index (χ0v) is 15.1. The maximum Gasteiger partial charge on any atom is 0.323 e. The molecule has 0 fully saturated rings. The molecular weight excluding hydrogens is 346 g/mol. The molecule has 0 atom stereocenters. The lowest BCUT2D eigenvalue weighted by Crippen LogP contribution is -2.19. The second kappa shape index (κ2) is 6.61. The van der Waals surface area contributed by atoms with Gasteiger partial charge in [0.05, 0.1) is 15.6 Å². The van der Waals surface area contributed by atoms with E-state index in [0.717, 1.165) is 37.7 Å². The van der Waals surface area contributed by atoms with Gasteiger partial charge in [0.25, 0.3) is 0 Å². The first-order valence-electron chi connectivity index (χ1n) is 8.13. The van der Waals surface area contributed by atoms with Crippen LogP contribution in [0, 0.1) is 13.8 Å². The quantitative estimate of drug-likeness (QED) is 0.482. The number of hydrogen-bond acceptors (Lipinski definition) is 4. The van der Waals surface area contributed by atoms with E-state index in [0.29, 0.717) is 5.69 Å². The van der Waals surface area contributed by atoms with Crippen LogP contribution in [0.15, 0.2) is 48.9 Å². The van der Waals surface area contributed by atoms with Crippen molar-refractivity contribution in [1.29, 1.82) is 0 Å². The number of urea groups is 1. The van der Waals surface area contributed by atoms with Crippen molar-refractivity contribution in [3.05, 3.63) is 59.5 Å². The zero-order valence-electron chi connectivity index (χ0n) is 14.3. The Morgan fingerprint density at radius 1 is 1.08 bits per heavy atom. The number of anilines is 2. The lowest BCUT2D eigenvalue weighted by Gasteiger charge is -2.07. The molecule has 3 aromatic heterocycles. The fourth-order valence-electron chi connectivity index (χ4n) is 2.66. The molecule has 0 radical (unpaired) electrons. The average molecular weight is 363 g/mol. The minimum absolute atomic E-state index is 0.297. The summed E-state index contributed by atoms with van der Waals surface area (Å²) in [7, 11) is 0. The monoisotopic (exact) mass is 363 g/mol. The van der Waals surface area contributed by atoms with E-state index in [9.17, 15) is 4.79 Å². The SMILES string of the molecule is Cc1ccc(NC(=O)Nc2c[nH]c3ncc(-c4cnc(C)s4)cc23)cc1. The van der Waals surface area contributed by atoms with Crippen molar-refractivity contribution in [2.75, 3.05) is 10.6 Å². The molecule has 0 aliphatic carbocycles. The number of carbonyl (C=O) groups excluding carboxylic acids is 1. The number of nitrogens with zero attached hydrogens (tertiary/aromatic N) is 2. The zero-order chi connectivity index (χ0) is 18.1. The van der Waals surface area contributed by atoms with Gasteiger partial charge in [-0.3, -0.25) is 0 Å². The second-order valence-electron chi connectivity index (χ2n) is 6.01. The van der Waals surface area contributed by atoms with E-state index in [1.54, 1.807) is 17.5 Å². The summed E-state index contributed by atoms with van der Waals surface area (Å²) >= 11 is 1.61. The third-order valence-electron chi connectivity index (χ3n) is 3.99. The van der Waals surface area contributed by atoms with Crippen LogP contribution in [0.4, 0.5) is 16.2 Å². The molecule has 3 heterocycles. The van der Waals surface area contributed by atoms with E-state index in [1.807, 2.05) is 56.6 Å². The van der Waals surface area contributed by atoms with Crippen LogP contribution in [0.3, 0.4) is 0 Å². The number of fused-ring (bicyclic) bond motifs is 1. The highest BCUT2D eigenvalue weighted by Gasteiger charge is 2.11. The van der Waals surface area contributed by atoms with Crippen LogP contribution in [0.5, 0.6) is 0 Å². The number of amides is 2. The largest absolute Gasteiger partial charge is 0.344 e. The number of hydrogen-bond donors (Lipinski definition) is 3. The Hall–Kier alpha value is -3.19. The number of aryl methyl sites for hydroxylation is 2. The lowest BCUT2D eigenvalue weighted by molar-refractivity contribution is 0.262. The van der Waals surface area contributed by atoms with E-state index < -0.39 is 0 Å². The van der Waals surface area contributed by atoms with Crippen molar-refractivity contribution in [2.45, 2.75) is 13.8 Å². The van der Waals surface area contributed by atoms with Crippen LogP contribution < -0.4 is 10.6 Å². The molecule has 3 N–H and O–H groups in total. The predicted octanol–water partition coefficient (Wildman–Crippen LogP) is 4.95. The molecule has 6 nitrogen and oxygen atoms in total. The molecule has 4 rings (SSSR count). The summed E-state index contributed by atoms with van der Waals surface area (Å²) in [6.07, 6.45) is 5.39. The smallest absolute Gasteiger partial charge is 0.323 e. The number of aromatic nitrogens is 3. The van der Waals surface area contributed by atoms with Gasteiger partial charge < -0.3 is 15.6 Å². The van der Waals surface area contributed by atoms with Gasteiger partial charge in [0.15, 0.2) is 0 Å². The van der Waals surface area contributed by atoms with Gasteiger partial charge in [-0.15, -0.1) is 11.3 Å². The van der Waals surface area contributed by atoms with Gasteiger partial charge in [-0.1, -0.05) is 17.7 Å². The average Bonchev–Trinajstić information content (AvgIpc) is 3.23. The molecule has 0 saturated carbocycles. The van der Waals surface area contributed by atoms with Gasteiger partial charge in [-0.05, 0) is 32.0 Å². The summed E-state index contributed by atoms with van der Waals surface area (Å²) in [5.74, 6) is 0. The highest BCUT2D eigenvalue weighted by atomic mass is 32.1. The number of thiazole rings is 1. The fourth-order valence-corrected chi connectivity index (χ4v) is 3.42. The van der Waals surface area contributed by atoms with Crippen molar-refractivity contribution >= 4 is 39.8 Å². The molecule has 2 amide bonds. The first kappa shape index (κ1) is 16.3. The van der Waals surface area contributed by atoms with Gasteiger partial charge in [-0.25, -0.2) is 14.8 Å². The number of aromatic amines is 1. The van der Waals surface area contributed by atoms with Crippen molar-refractivity contribution < 1.29 is 4.79 Å². The van der Waals surface area contributed by atoms with Crippen LogP contribution >= 0.6 is 11.3 Å². The van der Waals surface area contributed by atoms with Crippen molar-refractivity contribution in [2.24, 2.45) is 0 Å². The Kier molecular flexibility index (Phi) is 4.14. The first-order valence-corrected chi connectivity index (χ1v) is 8.95. The topological polar surface area (TPSA) is 82.7 Å². The lowest BCUT2D eigenvalue weighted by atomic mass is 10.2. The van der Waals surface area contributed by atoms with E-state index in [4.69, 9.17) is 0 Å². The molecule has 26 heavy (non-hydrogen) atoms. The Morgan fingerprint density at radius 3 is 2.62 bits per heavy atom. The van der Waals surface area contributed by atoms with Crippen molar-refractivity contribution in [1.82, 2.24) is 15.0 Å². The molecule has 0 saturated heterocycles. The maximum atomic E-state index is 12.3. The molecule has 130 valence electrons. The normalized spacial score (nSPS) is 10.8. The van der Waals surface area contributed by atoms with Crippen LogP contribution in [0.2, 0.25) is 0 Å². The van der Waals surface area contributed by atoms with E-state index in [2.05, 4.69) is 25.6 Å². The number of benzene rings is 1. The van der Waals surface area contributed by atoms with Gasteiger partial charge in [0.1, 0.15) is 5.65 Å². The standard InChI is InChI=1S/C19H17N5OS/c1-11-3-5-14(6-4-11)23-19(25)24-16-9-22-18-15(16)7-13(8-21-18)17-10-20-12(2)26-17/h3-10H,1-2H3,(H,21,22)(H2,23,24,25). The number of rotatable bonds is 3. The van der Waals surface area contributed by atoms with Gasteiger partial charge in [0, 0.05) is 35.2 Å². The summed E-state index contributed by atoms with van der Waals surface area (Å²) in [5.41, 5.74) is 4.27. The summed E-state index contributed by atoms with van der Waals surface area (Å²) in [6, 6.07) is 9.36. The molecule has 0 spiro atoms. The Labute approximate surface area is 154 Å². The Morgan fingerprint density at radius 2 is 1.88 bits per heavy atom. The second-order valence-corrected chi connectivity index (χ2v) is 7.25. The summed E-state index contributed by atoms with van der Waals surface area (Å²) < 4.78 is 0. The molecule has 4 aromatic rings. The highest BCUT2D eigenvalue weighted by molar-refractivity contribution is 7.15. The van der Waals surface area contributed by atoms with Crippen molar-refractivity contribution in [3.63, 3.8) is 0 Å². The summed E-state index contributed by atoms with van der Waals surface area (Å²) in [5, 5.41) is 7.57. The Bertz CT molecular complexity index is 1080. The van der Waals surface area contributed by atoms with Gasteiger partial charge in [-0.2, -0.15) is 0 Å². The highest BCUT2D eigenvalue weighted by Crippen LogP contribution is 2.30. The minimum atomic E-state index is -0.297. The predicted molar refractivity (Wildman–Crippen MR) is 106 cm³/mol. The van der Waals surface area contributed by atoms with Crippen LogP contribution in [0.25, 0.3) is 21.5 Å². The van der Waals surface area contributed by atoms with Gasteiger partial charge in [0.2, 0.25) is 0 Å². The van der Waals surface area contributed by atoms with Crippen LogP contribution in [0.1, 0.15) is 10.6 Å². The molecule has 0 unspecified atom stereocenters. The molecule has 7 heteroatoms. The van der Waals surface area contributed by atoms with E-state index in [1.165, 1.54) is 0 Å². The van der Waals surface area contributed by atoms with Gasteiger partial charge >= 0.3 is 6.03 Å². The third-order valence-corrected chi connectivity index (χ3v) is 4.96. The molecular formula is C19H17N5OS. The number of pyridine rings is 1. The number of nitrogens with one attached hydrogen (secondary N) is 3. The first-order chi connectivity index (χ1) is 12.6.